The molecule has 0 spiro atoms. The lowest BCUT2D eigenvalue weighted by molar-refractivity contribution is -0.129. The van der Waals surface area contributed by atoms with Crippen LogP contribution < -0.4 is 5.32 Å². The van der Waals surface area contributed by atoms with E-state index in [0.717, 1.165) is 12.8 Å². The monoisotopic (exact) mass is 314 g/mol. The Morgan fingerprint density at radius 1 is 1.25 bits per heavy atom. The van der Waals surface area contributed by atoms with Gasteiger partial charge in [0.15, 0.2) is 0 Å². The van der Waals surface area contributed by atoms with Crippen LogP contribution >= 0.6 is 23.2 Å². The van der Waals surface area contributed by atoms with Crippen molar-refractivity contribution < 1.29 is 9.59 Å². The standard InChI is InChI=1S/C14H16Cl2N2O2/c1-9(19)18-6-4-11(5-7-18)17-14(20)12-8-10(15)2-3-13(12)16/h2-3,8,11H,4-7H2,1H3,(H,17,20). The average Bonchev–Trinajstić information content (AvgIpc) is 2.42. The zero-order valence-corrected chi connectivity index (χ0v) is 12.7. The first-order chi connectivity index (χ1) is 9.47. The lowest BCUT2D eigenvalue weighted by Gasteiger charge is -2.31. The Hall–Kier alpha value is -1.26. The molecule has 108 valence electrons. The average molecular weight is 315 g/mol. The molecule has 6 heteroatoms. The molecule has 0 atom stereocenters. The summed E-state index contributed by atoms with van der Waals surface area (Å²) in [6, 6.07) is 4.88. The van der Waals surface area contributed by atoms with E-state index in [2.05, 4.69) is 5.32 Å². The highest BCUT2D eigenvalue weighted by Crippen LogP contribution is 2.21. The molecule has 2 amide bonds. The van der Waals surface area contributed by atoms with Crippen LogP contribution in [0.4, 0.5) is 0 Å². The number of likely N-dealkylation sites (tertiary alicyclic amines) is 1. The maximum Gasteiger partial charge on any atom is 0.253 e. The van der Waals surface area contributed by atoms with Gasteiger partial charge in [0, 0.05) is 31.1 Å². The van der Waals surface area contributed by atoms with Gasteiger partial charge in [-0.25, -0.2) is 0 Å². The SMILES string of the molecule is CC(=O)N1CCC(NC(=O)c2cc(Cl)ccc2Cl)CC1. The molecule has 1 aromatic rings. The number of carbonyl (C=O) groups is 2. The third kappa shape index (κ3) is 3.64. The van der Waals surface area contributed by atoms with Gasteiger partial charge < -0.3 is 10.2 Å². The van der Waals surface area contributed by atoms with Gasteiger partial charge in [-0.2, -0.15) is 0 Å². The number of rotatable bonds is 2. The van der Waals surface area contributed by atoms with Crippen LogP contribution in [0.15, 0.2) is 18.2 Å². The molecule has 1 N–H and O–H groups in total. The van der Waals surface area contributed by atoms with Crippen molar-refractivity contribution in [2.45, 2.75) is 25.8 Å². The Morgan fingerprint density at radius 2 is 1.90 bits per heavy atom. The van der Waals surface area contributed by atoms with Gasteiger partial charge in [0.25, 0.3) is 5.91 Å². The number of benzene rings is 1. The van der Waals surface area contributed by atoms with Crippen LogP contribution in [-0.4, -0.2) is 35.8 Å². The maximum atomic E-state index is 12.2. The maximum absolute atomic E-state index is 12.2. The van der Waals surface area contributed by atoms with Crippen LogP contribution in [0.1, 0.15) is 30.1 Å². The molecule has 1 aliphatic heterocycles. The van der Waals surface area contributed by atoms with Crippen molar-refractivity contribution >= 4 is 35.0 Å². The molecule has 0 saturated carbocycles. The first-order valence-corrected chi connectivity index (χ1v) is 7.24. The molecule has 4 nitrogen and oxygen atoms in total. The number of piperidine rings is 1. The van der Waals surface area contributed by atoms with E-state index >= 15 is 0 Å². The molecule has 1 aliphatic rings. The fraction of sp³-hybridized carbons (Fsp3) is 0.429. The number of hydrogen-bond acceptors (Lipinski definition) is 2. The molecule has 1 aromatic carbocycles. The highest BCUT2D eigenvalue weighted by molar-refractivity contribution is 6.35. The summed E-state index contributed by atoms with van der Waals surface area (Å²) < 4.78 is 0. The normalized spacial score (nSPS) is 16.1. The van der Waals surface area contributed by atoms with E-state index in [0.29, 0.717) is 28.7 Å². The van der Waals surface area contributed by atoms with Crippen LogP contribution in [0.5, 0.6) is 0 Å². The quantitative estimate of drug-likeness (QED) is 0.912. The van der Waals surface area contributed by atoms with Gasteiger partial charge in [-0.1, -0.05) is 23.2 Å². The third-order valence-corrected chi connectivity index (χ3v) is 4.01. The Balaban J connectivity index is 1.96. The molecule has 0 aliphatic carbocycles. The van der Waals surface area contributed by atoms with Gasteiger partial charge in [0.05, 0.1) is 10.6 Å². The fourth-order valence-corrected chi connectivity index (χ4v) is 2.65. The number of halogens is 2. The van der Waals surface area contributed by atoms with Crippen molar-refractivity contribution in [1.82, 2.24) is 10.2 Å². The lowest BCUT2D eigenvalue weighted by Crippen LogP contribution is -2.46. The van der Waals surface area contributed by atoms with E-state index in [-0.39, 0.29) is 17.9 Å². The highest BCUT2D eigenvalue weighted by Gasteiger charge is 2.23. The van der Waals surface area contributed by atoms with Gasteiger partial charge in [0.2, 0.25) is 5.91 Å². The van der Waals surface area contributed by atoms with Crippen LogP contribution in [0.25, 0.3) is 0 Å². The van der Waals surface area contributed by atoms with Crippen molar-refractivity contribution in [3.05, 3.63) is 33.8 Å². The molecule has 0 radical (unpaired) electrons. The van der Waals surface area contributed by atoms with Crippen molar-refractivity contribution in [3.63, 3.8) is 0 Å². The summed E-state index contributed by atoms with van der Waals surface area (Å²) in [6.45, 7) is 2.90. The Kier molecular flexibility index (Phi) is 4.89. The van der Waals surface area contributed by atoms with Crippen LogP contribution in [0, 0.1) is 0 Å². The summed E-state index contributed by atoms with van der Waals surface area (Å²) in [5, 5.41) is 3.80. The number of amides is 2. The minimum Gasteiger partial charge on any atom is -0.349 e. The Bertz CT molecular complexity index is 526. The van der Waals surface area contributed by atoms with Gasteiger partial charge in [-0.05, 0) is 31.0 Å². The second-order valence-corrected chi connectivity index (χ2v) is 5.72. The van der Waals surface area contributed by atoms with Crippen LogP contribution in [0.2, 0.25) is 10.0 Å². The van der Waals surface area contributed by atoms with Crippen molar-refractivity contribution in [1.29, 1.82) is 0 Å². The Labute approximate surface area is 128 Å². The van der Waals surface area contributed by atoms with Gasteiger partial charge in [-0.15, -0.1) is 0 Å². The minimum atomic E-state index is -0.223. The molecule has 0 aromatic heterocycles. The van der Waals surface area contributed by atoms with Crippen LogP contribution in [0.3, 0.4) is 0 Å². The zero-order valence-electron chi connectivity index (χ0n) is 11.2. The zero-order chi connectivity index (χ0) is 14.7. The van der Waals surface area contributed by atoms with Gasteiger partial charge in [0.1, 0.15) is 0 Å². The summed E-state index contributed by atoms with van der Waals surface area (Å²) in [5.41, 5.74) is 0.383. The predicted molar refractivity (Wildman–Crippen MR) is 79.2 cm³/mol. The van der Waals surface area contributed by atoms with Crippen molar-refractivity contribution in [2.75, 3.05) is 13.1 Å². The first kappa shape index (κ1) is 15.1. The summed E-state index contributed by atoms with van der Waals surface area (Å²) in [7, 11) is 0. The molecular formula is C14H16Cl2N2O2. The predicted octanol–water partition coefficient (Wildman–Crippen LogP) is 2.73. The molecule has 1 saturated heterocycles. The Morgan fingerprint density at radius 3 is 2.50 bits per heavy atom. The molecule has 1 heterocycles. The summed E-state index contributed by atoms with van der Waals surface area (Å²) >= 11 is 11.9. The van der Waals surface area contributed by atoms with Crippen molar-refractivity contribution in [3.8, 4) is 0 Å². The molecule has 20 heavy (non-hydrogen) atoms. The number of hydrogen-bond donors (Lipinski definition) is 1. The number of nitrogens with zero attached hydrogens (tertiary/aromatic N) is 1. The topological polar surface area (TPSA) is 49.4 Å². The highest BCUT2D eigenvalue weighted by atomic mass is 35.5. The van der Waals surface area contributed by atoms with Crippen LogP contribution in [-0.2, 0) is 4.79 Å². The smallest absolute Gasteiger partial charge is 0.253 e. The molecule has 0 bridgehead atoms. The van der Waals surface area contributed by atoms with E-state index in [1.165, 1.54) is 0 Å². The largest absolute Gasteiger partial charge is 0.349 e. The number of nitrogens with one attached hydrogen (secondary N) is 1. The van der Waals surface area contributed by atoms with E-state index in [1.54, 1.807) is 30.0 Å². The minimum absolute atomic E-state index is 0.0631. The third-order valence-electron chi connectivity index (χ3n) is 3.45. The van der Waals surface area contributed by atoms with E-state index < -0.39 is 0 Å². The van der Waals surface area contributed by atoms with Gasteiger partial charge in [-0.3, -0.25) is 9.59 Å². The molecule has 1 fully saturated rings. The lowest BCUT2D eigenvalue weighted by atomic mass is 10.0. The summed E-state index contributed by atoms with van der Waals surface area (Å²) in [6.07, 6.45) is 1.51. The van der Waals surface area contributed by atoms with E-state index in [4.69, 9.17) is 23.2 Å². The van der Waals surface area contributed by atoms with E-state index in [9.17, 15) is 9.59 Å². The van der Waals surface area contributed by atoms with E-state index in [1.807, 2.05) is 0 Å². The summed E-state index contributed by atoms with van der Waals surface area (Å²) in [4.78, 5) is 25.2. The first-order valence-electron chi connectivity index (χ1n) is 6.49. The second-order valence-electron chi connectivity index (χ2n) is 4.88. The fourth-order valence-electron chi connectivity index (χ4n) is 2.27. The number of carbonyl (C=O) groups excluding carboxylic acids is 2. The van der Waals surface area contributed by atoms with Crippen molar-refractivity contribution in [2.24, 2.45) is 0 Å². The molecule has 0 unspecified atom stereocenters. The molecular weight excluding hydrogens is 299 g/mol. The summed E-state index contributed by atoms with van der Waals surface area (Å²) in [5.74, 6) is -0.147. The van der Waals surface area contributed by atoms with Gasteiger partial charge >= 0.3 is 0 Å². The molecule has 2 rings (SSSR count). The second kappa shape index (κ2) is 6.46.